The van der Waals surface area contributed by atoms with Crippen molar-refractivity contribution < 1.29 is 14.6 Å². The van der Waals surface area contributed by atoms with Gasteiger partial charge in [0.05, 0.1) is 19.8 Å². The van der Waals surface area contributed by atoms with Crippen molar-refractivity contribution in [3.8, 4) is 11.5 Å². The highest BCUT2D eigenvalue weighted by atomic mass is 16.5. The highest BCUT2D eigenvalue weighted by Gasteiger charge is 2.47. The second-order valence-electron chi connectivity index (χ2n) is 8.24. The number of aliphatic hydroxyl groups is 1. The summed E-state index contributed by atoms with van der Waals surface area (Å²) in [6.45, 7) is 0.876. The normalized spacial score (nSPS) is 24.9. The number of ether oxygens (including phenoxy) is 2. The van der Waals surface area contributed by atoms with E-state index in [1.807, 2.05) is 30.3 Å². The number of rotatable bonds is 7. The van der Waals surface area contributed by atoms with E-state index in [0.29, 0.717) is 6.42 Å². The van der Waals surface area contributed by atoms with Crippen LogP contribution in [0.1, 0.15) is 36.3 Å². The van der Waals surface area contributed by atoms with Gasteiger partial charge in [-0.05, 0) is 62.3 Å². The molecule has 0 radical (unpaired) electrons. The molecule has 2 aromatic rings. The predicted octanol–water partition coefficient (Wildman–Crippen LogP) is 4.12. The van der Waals surface area contributed by atoms with Crippen molar-refractivity contribution in [2.24, 2.45) is 5.92 Å². The first-order valence-corrected chi connectivity index (χ1v) is 10.1. The van der Waals surface area contributed by atoms with Gasteiger partial charge in [-0.2, -0.15) is 0 Å². The Bertz CT molecular complexity index is 776. The molecule has 3 rings (SSSR count). The summed E-state index contributed by atoms with van der Waals surface area (Å²) in [5.41, 5.74) is 1.45. The molecule has 0 aromatic heterocycles. The minimum Gasteiger partial charge on any atom is -0.497 e. The van der Waals surface area contributed by atoms with Crippen LogP contribution >= 0.6 is 0 Å². The highest BCUT2D eigenvalue weighted by Crippen LogP contribution is 2.47. The lowest BCUT2D eigenvalue weighted by atomic mass is 9.63. The monoisotopic (exact) mass is 383 g/mol. The molecule has 1 saturated carbocycles. The third-order valence-electron chi connectivity index (χ3n) is 6.06. The Hall–Kier alpha value is -2.04. The molecule has 1 N–H and O–H groups in total. The summed E-state index contributed by atoms with van der Waals surface area (Å²) in [4.78, 5) is 2.19. The highest BCUT2D eigenvalue weighted by molar-refractivity contribution is 5.35. The maximum atomic E-state index is 12.2. The molecule has 0 heterocycles. The van der Waals surface area contributed by atoms with Gasteiger partial charge in [0.15, 0.2) is 0 Å². The fourth-order valence-electron chi connectivity index (χ4n) is 4.73. The van der Waals surface area contributed by atoms with Gasteiger partial charge < -0.3 is 19.5 Å². The fraction of sp³-hybridized carbons (Fsp3) is 0.500. The standard InChI is InChI=1S/C24H33NO3/c1-25(2)17-20-10-7-13-23(19-9-6-12-22(15-19)28-4)24(20,26)16-18-8-5-11-21(14-18)27-3/h5-6,8-9,11-12,14-15,20,23,26H,7,10,13,16-17H2,1-4H3. The van der Waals surface area contributed by atoms with Gasteiger partial charge in [0, 0.05) is 24.8 Å². The van der Waals surface area contributed by atoms with E-state index < -0.39 is 5.60 Å². The molecule has 0 bridgehead atoms. The number of methoxy groups -OCH3 is 2. The van der Waals surface area contributed by atoms with Crippen molar-refractivity contribution in [1.29, 1.82) is 0 Å². The predicted molar refractivity (Wildman–Crippen MR) is 113 cm³/mol. The smallest absolute Gasteiger partial charge is 0.119 e. The van der Waals surface area contributed by atoms with E-state index in [9.17, 15) is 5.11 Å². The molecule has 0 spiro atoms. The molecule has 4 heteroatoms. The number of hydrogen-bond donors (Lipinski definition) is 1. The zero-order chi connectivity index (χ0) is 20.1. The van der Waals surface area contributed by atoms with Crippen molar-refractivity contribution in [2.75, 3.05) is 34.9 Å². The second-order valence-corrected chi connectivity index (χ2v) is 8.24. The lowest BCUT2D eigenvalue weighted by Crippen LogP contribution is -2.51. The first-order chi connectivity index (χ1) is 13.5. The Morgan fingerprint density at radius 2 is 1.68 bits per heavy atom. The molecule has 3 unspecified atom stereocenters. The van der Waals surface area contributed by atoms with Crippen molar-refractivity contribution in [1.82, 2.24) is 4.90 Å². The summed E-state index contributed by atoms with van der Waals surface area (Å²) < 4.78 is 10.9. The first kappa shape index (κ1) is 20.7. The van der Waals surface area contributed by atoms with E-state index in [4.69, 9.17) is 9.47 Å². The Morgan fingerprint density at radius 1 is 1.00 bits per heavy atom. The molecule has 1 fully saturated rings. The lowest BCUT2D eigenvalue weighted by Gasteiger charge is -2.47. The molecule has 152 valence electrons. The molecule has 0 saturated heterocycles. The van der Waals surface area contributed by atoms with Gasteiger partial charge in [-0.15, -0.1) is 0 Å². The van der Waals surface area contributed by atoms with E-state index in [0.717, 1.165) is 48.4 Å². The van der Waals surface area contributed by atoms with Crippen LogP contribution in [0.3, 0.4) is 0 Å². The van der Waals surface area contributed by atoms with E-state index in [-0.39, 0.29) is 11.8 Å². The van der Waals surface area contributed by atoms with Crippen molar-refractivity contribution in [3.63, 3.8) is 0 Å². The number of hydrogen-bond acceptors (Lipinski definition) is 4. The maximum Gasteiger partial charge on any atom is 0.119 e. The van der Waals surface area contributed by atoms with Crippen molar-refractivity contribution in [2.45, 2.75) is 37.2 Å². The summed E-state index contributed by atoms with van der Waals surface area (Å²) in [6, 6.07) is 16.3. The van der Waals surface area contributed by atoms with Gasteiger partial charge in [-0.3, -0.25) is 0 Å². The minimum atomic E-state index is -0.818. The number of nitrogens with zero attached hydrogens (tertiary/aromatic N) is 1. The van der Waals surface area contributed by atoms with Gasteiger partial charge in [-0.25, -0.2) is 0 Å². The van der Waals surface area contributed by atoms with Crippen LogP contribution in [0, 0.1) is 5.92 Å². The zero-order valence-electron chi connectivity index (χ0n) is 17.5. The van der Waals surface area contributed by atoms with Crippen LogP contribution in [0.15, 0.2) is 48.5 Å². The van der Waals surface area contributed by atoms with Crippen LogP contribution in [0.2, 0.25) is 0 Å². The Kier molecular flexibility index (Phi) is 6.63. The molecule has 0 aliphatic heterocycles. The summed E-state index contributed by atoms with van der Waals surface area (Å²) in [5, 5.41) is 12.2. The quantitative estimate of drug-likeness (QED) is 0.781. The second kappa shape index (κ2) is 8.97. The molecular weight excluding hydrogens is 350 g/mol. The van der Waals surface area contributed by atoms with Crippen LogP contribution < -0.4 is 9.47 Å². The van der Waals surface area contributed by atoms with E-state index in [2.05, 4.69) is 37.2 Å². The molecular formula is C24H33NO3. The molecule has 0 amide bonds. The molecule has 3 atom stereocenters. The van der Waals surface area contributed by atoms with Gasteiger partial charge in [-0.1, -0.05) is 30.7 Å². The maximum absolute atomic E-state index is 12.2. The van der Waals surface area contributed by atoms with Gasteiger partial charge in [0.2, 0.25) is 0 Å². The Balaban J connectivity index is 2.00. The van der Waals surface area contributed by atoms with E-state index >= 15 is 0 Å². The molecule has 1 aliphatic rings. The summed E-state index contributed by atoms with van der Waals surface area (Å²) in [6.07, 6.45) is 3.77. The third kappa shape index (κ3) is 4.50. The topological polar surface area (TPSA) is 41.9 Å². The largest absolute Gasteiger partial charge is 0.497 e. The molecule has 1 aliphatic carbocycles. The van der Waals surface area contributed by atoms with Gasteiger partial charge >= 0.3 is 0 Å². The average Bonchev–Trinajstić information content (AvgIpc) is 2.69. The van der Waals surface area contributed by atoms with Crippen LogP contribution in [0.5, 0.6) is 11.5 Å². The molecule has 2 aromatic carbocycles. The SMILES string of the molecule is COc1cccc(CC2(O)C(CN(C)C)CCCC2c2cccc(OC)c2)c1. The Morgan fingerprint density at radius 3 is 2.36 bits per heavy atom. The van der Waals surface area contributed by atoms with Crippen LogP contribution in [-0.4, -0.2) is 50.5 Å². The van der Waals surface area contributed by atoms with Gasteiger partial charge in [0.1, 0.15) is 11.5 Å². The summed E-state index contributed by atoms with van der Waals surface area (Å²) >= 11 is 0. The zero-order valence-corrected chi connectivity index (χ0v) is 17.5. The summed E-state index contributed by atoms with van der Waals surface area (Å²) in [5.74, 6) is 1.96. The van der Waals surface area contributed by atoms with Gasteiger partial charge in [0.25, 0.3) is 0 Å². The lowest BCUT2D eigenvalue weighted by molar-refractivity contribution is -0.0733. The first-order valence-electron chi connectivity index (χ1n) is 10.1. The third-order valence-corrected chi connectivity index (χ3v) is 6.06. The summed E-state index contributed by atoms with van der Waals surface area (Å²) in [7, 11) is 7.54. The van der Waals surface area contributed by atoms with E-state index in [1.54, 1.807) is 14.2 Å². The molecule has 28 heavy (non-hydrogen) atoms. The van der Waals surface area contributed by atoms with Crippen LogP contribution in [-0.2, 0) is 6.42 Å². The number of benzene rings is 2. The van der Waals surface area contributed by atoms with Crippen LogP contribution in [0.25, 0.3) is 0 Å². The average molecular weight is 384 g/mol. The minimum absolute atomic E-state index is 0.0764. The van der Waals surface area contributed by atoms with Crippen molar-refractivity contribution in [3.05, 3.63) is 59.7 Å². The fourth-order valence-corrected chi connectivity index (χ4v) is 4.73. The Labute approximate surface area is 169 Å². The molecule has 4 nitrogen and oxygen atoms in total. The van der Waals surface area contributed by atoms with Crippen LogP contribution in [0.4, 0.5) is 0 Å². The van der Waals surface area contributed by atoms with E-state index in [1.165, 1.54) is 0 Å². The van der Waals surface area contributed by atoms with Crippen molar-refractivity contribution >= 4 is 0 Å².